The van der Waals surface area contributed by atoms with E-state index in [1.54, 1.807) is 0 Å². The van der Waals surface area contributed by atoms with Gasteiger partial charge in [0, 0.05) is 12.1 Å². The molecule has 2 nitrogen and oxygen atoms in total. The summed E-state index contributed by atoms with van der Waals surface area (Å²) in [5, 5.41) is 7.47. The first-order chi connectivity index (χ1) is 8.27. The van der Waals surface area contributed by atoms with Crippen LogP contribution < -0.4 is 10.6 Å². The summed E-state index contributed by atoms with van der Waals surface area (Å²) in [4.78, 5) is 0. The largest absolute Gasteiger partial charge is 0.316 e. The topological polar surface area (TPSA) is 24.1 Å². The molecular formula is C16H32N2. The first-order valence-corrected chi connectivity index (χ1v) is 7.74. The standard InChI is InChI=1S/C16H32N2/c1-12-10-17-7-6-14(12)18-13-8-15(2,3)11-16(4,5)9-13/h12-14,17-18H,6-11H2,1-5H3. The van der Waals surface area contributed by atoms with Crippen molar-refractivity contribution in [2.24, 2.45) is 16.7 Å². The van der Waals surface area contributed by atoms with Crippen LogP contribution in [0.1, 0.15) is 60.3 Å². The Morgan fingerprint density at radius 3 is 2.22 bits per heavy atom. The molecule has 0 amide bonds. The van der Waals surface area contributed by atoms with Crippen molar-refractivity contribution in [2.75, 3.05) is 13.1 Å². The Bertz CT molecular complexity index is 267. The number of piperidine rings is 1. The predicted octanol–water partition coefficient (Wildman–Crippen LogP) is 3.18. The van der Waals surface area contributed by atoms with E-state index in [9.17, 15) is 0 Å². The third-order valence-corrected chi connectivity index (χ3v) is 4.79. The lowest BCUT2D eigenvalue weighted by Gasteiger charge is -2.47. The molecule has 0 aromatic heterocycles. The molecule has 2 unspecified atom stereocenters. The van der Waals surface area contributed by atoms with Crippen molar-refractivity contribution >= 4 is 0 Å². The smallest absolute Gasteiger partial charge is 0.0119 e. The van der Waals surface area contributed by atoms with Gasteiger partial charge in [0.1, 0.15) is 0 Å². The normalized spacial score (nSPS) is 36.5. The summed E-state index contributed by atoms with van der Waals surface area (Å²) < 4.78 is 0. The second kappa shape index (κ2) is 5.13. The van der Waals surface area contributed by atoms with Crippen LogP contribution in [0.4, 0.5) is 0 Å². The Balaban J connectivity index is 1.95. The quantitative estimate of drug-likeness (QED) is 0.789. The monoisotopic (exact) mass is 252 g/mol. The van der Waals surface area contributed by atoms with Gasteiger partial charge in [0.25, 0.3) is 0 Å². The van der Waals surface area contributed by atoms with Gasteiger partial charge in [-0.15, -0.1) is 0 Å². The maximum absolute atomic E-state index is 3.98. The van der Waals surface area contributed by atoms with Crippen molar-refractivity contribution in [1.82, 2.24) is 10.6 Å². The second-order valence-electron chi connectivity index (χ2n) is 8.35. The van der Waals surface area contributed by atoms with Crippen molar-refractivity contribution in [1.29, 1.82) is 0 Å². The van der Waals surface area contributed by atoms with E-state index in [1.807, 2.05) is 0 Å². The fourth-order valence-corrected chi connectivity index (χ4v) is 4.53. The van der Waals surface area contributed by atoms with E-state index in [0.29, 0.717) is 16.9 Å². The Labute approximate surface area is 113 Å². The zero-order valence-electron chi connectivity index (χ0n) is 13.0. The van der Waals surface area contributed by atoms with E-state index in [4.69, 9.17) is 0 Å². The highest BCUT2D eigenvalue weighted by molar-refractivity contribution is 4.94. The van der Waals surface area contributed by atoms with Crippen LogP contribution >= 0.6 is 0 Å². The van der Waals surface area contributed by atoms with Gasteiger partial charge >= 0.3 is 0 Å². The van der Waals surface area contributed by atoms with Gasteiger partial charge in [-0.3, -0.25) is 0 Å². The number of hydrogen-bond donors (Lipinski definition) is 2. The molecule has 18 heavy (non-hydrogen) atoms. The van der Waals surface area contributed by atoms with Crippen molar-refractivity contribution in [3.8, 4) is 0 Å². The van der Waals surface area contributed by atoms with Gasteiger partial charge in [0.2, 0.25) is 0 Å². The molecule has 0 spiro atoms. The Morgan fingerprint density at radius 2 is 1.67 bits per heavy atom. The van der Waals surface area contributed by atoms with E-state index in [-0.39, 0.29) is 0 Å². The average molecular weight is 252 g/mol. The van der Waals surface area contributed by atoms with Crippen LogP contribution in [0, 0.1) is 16.7 Å². The number of nitrogens with one attached hydrogen (secondary N) is 2. The van der Waals surface area contributed by atoms with Gasteiger partial charge in [-0.2, -0.15) is 0 Å². The lowest BCUT2D eigenvalue weighted by molar-refractivity contribution is 0.0739. The molecule has 2 fully saturated rings. The summed E-state index contributed by atoms with van der Waals surface area (Å²) in [6.45, 7) is 14.5. The van der Waals surface area contributed by atoms with Crippen LogP contribution in [0.15, 0.2) is 0 Å². The number of rotatable bonds is 2. The molecule has 1 heterocycles. The SMILES string of the molecule is CC1CNCCC1NC1CC(C)(C)CC(C)(C)C1. The molecule has 0 aromatic rings. The van der Waals surface area contributed by atoms with Crippen LogP contribution in [0.5, 0.6) is 0 Å². The highest BCUT2D eigenvalue weighted by Crippen LogP contribution is 2.45. The fourth-order valence-electron chi connectivity index (χ4n) is 4.53. The minimum absolute atomic E-state index is 0.496. The summed E-state index contributed by atoms with van der Waals surface area (Å²) in [5.74, 6) is 0.770. The Morgan fingerprint density at radius 1 is 1.06 bits per heavy atom. The van der Waals surface area contributed by atoms with E-state index < -0.39 is 0 Å². The lowest BCUT2D eigenvalue weighted by Crippen LogP contribution is -2.53. The molecule has 2 N–H and O–H groups in total. The van der Waals surface area contributed by atoms with Crippen molar-refractivity contribution in [2.45, 2.75) is 72.4 Å². The summed E-state index contributed by atoms with van der Waals surface area (Å²) in [5.41, 5.74) is 0.991. The number of hydrogen-bond acceptors (Lipinski definition) is 2. The van der Waals surface area contributed by atoms with E-state index in [1.165, 1.54) is 38.8 Å². The lowest BCUT2D eigenvalue weighted by atomic mass is 9.63. The molecule has 2 heteroatoms. The van der Waals surface area contributed by atoms with Gasteiger partial charge in [-0.1, -0.05) is 34.6 Å². The highest BCUT2D eigenvalue weighted by atomic mass is 15.0. The van der Waals surface area contributed by atoms with Crippen LogP contribution in [0.3, 0.4) is 0 Å². The average Bonchev–Trinajstić information content (AvgIpc) is 2.16. The molecule has 1 saturated carbocycles. The molecule has 106 valence electrons. The zero-order chi connectivity index (χ0) is 13.4. The first kappa shape index (κ1) is 14.3. The summed E-state index contributed by atoms with van der Waals surface area (Å²) >= 11 is 0. The third-order valence-electron chi connectivity index (χ3n) is 4.79. The van der Waals surface area contributed by atoms with Gasteiger partial charge in [-0.05, 0) is 55.5 Å². The van der Waals surface area contributed by atoms with Crippen LogP contribution in [0.25, 0.3) is 0 Å². The molecule has 0 aromatic carbocycles. The predicted molar refractivity (Wildman–Crippen MR) is 78.8 cm³/mol. The summed E-state index contributed by atoms with van der Waals surface area (Å²) in [6.07, 6.45) is 5.33. The van der Waals surface area contributed by atoms with Gasteiger partial charge in [0.05, 0.1) is 0 Å². The fraction of sp³-hybridized carbons (Fsp3) is 1.00. The zero-order valence-corrected chi connectivity index (χ0v) is 13.0. The molecule has 2 rings (SSSR count). The van der Waals surface area contributed by atoms with Crippen LogP contribution in [-0.4, -0.2) is 25.2 Å². The van der Waals surface area contributed by atoms with Crippen molar-refractivity contribution < 1.29 is 0 Å². The summed E-state index contributed by atoms with van der Waals surface area (Å²) in [6, 6.07) is 1.44. The van der Waals surface area contributed by atoms with Crippen LogP contribution in [0.2, 0.25) is 0 Å². The molecule has 1 saturated heterocycles. The van der Waals surface area contributed by atoms with Crippen molar-refractivity contribution in [3.05, 3.63) is 0 Å². The molecule has 1 aliphatic heterocycles. The molecule has 1 aliphatic carbocycles. The van der Waals surface area contributed by atoms with Crippen molar-refractivity contribution in [3.63, 3.8) is 0 Å². The maximum Gasteiger partial charge on any atom is 0.0119 e. The van der Waals surface area contributed by atoms with E-state index in [2.05, 4.69) is 45.3 Å². The van der Waals surface area contributed by atoms with Gasteiger partial charge in [0.15, 0.2) is 0 Å². The molecular weight excluding hydrogens is 220 g/mol. The molecule has 0 bridgehead atoms. The van der Waals surface area contributed by atoms with E-state index >= 15 is 0 Å². The van der Waals surface area contributed by atoms with Crippen LogP contribution in [-0.2, 0) is 0 Å². The Kier molecular flexibility index (Phi) is 4.08. The highest BCUT2D eigenvalue weighted by Gasteiger charge is 2.39. The minimum atomic E-state index is 0.496. The van der Waals surface area contributed by atoms with Gasteiger partial charge in [-0.25, -0.2) is 0 Å². The molecule has 2 atom stereocenters. The maximum atomic E-state index is 3.98. The minimum Gasteiger partial charge on any atom is -0.316 e. The summed E-state index contributed by atoms with van der Waals surface area (Å²) in [7, 11) is 0. The van der Waals surface area contributed by atoms with E-state index in [0.717, 1.165) is 12.0 Å². The molecule has 0 radical (unpaired) electrons. The van der Waals surface area contributed by atoms with Gasteiger partial charge < -0.3 is 10.6 Å². The molecule has 2 aliphatic rings. The first-order valence-electron chi connectivity index (χ1n) is 7.74. The Hall–Kier alpha value is -0.0800. The third kappa shape index (κ3) is 3.71. The second-order valence-corrected chi connectivity index (χ2v) is 8.35.